The Morgan fingerprint density at radius 3 is 2.33 bits per heavy atom. The molecule has 0 aromatic heterocycles. The Balaban J connectivity index is 0.00000261. The van der Waals surface area contributed by atoms with Crippen LogP contribution in [0.15, 0.2) is 60.7 Å². The lowest BCUT2D eigenvalue weighted by atomic mass is 9.99. The fraction of sp³-hybridized carbons (Fsp3) is 0.333. The van der Waals surface area contributed by atoms with Crippen LogP contribution in [0.1, 0.15) is 34.8 Å². The van der Waals surface area contributed by atoms with E-state index in [-0.39, 0.29) is 24.2 Å². The van der Waals surface area contributed by atoms with Gasteiger partial charge in [0.15, 0.2) is 0 Å². The van der Waals surface area contributed by atoms with Crippen molar-refractivity contribution in [2.45, 2.75) is 18.9 Å². The summed E-state index contributed by atoms with van der Waals surface area (Å²) in [5, 5.41) is 9.24. The highest BCUT2D eigenvalue weighted by Gasteiger charge is 2.24. The Labute approximate surface area is 166 Å². The fourth-order valence-electron chi connectivity index (χ4n) is 3.19. The molecule has 2 aromatic carbocycles. The van der Waals surface area contributed by atoms with Gasteiger partial charge in [0.1, 0.15) is 6.04 Å². The van der Waals surface area contributed by atoms with Crippen molar-refractivity contribution in [2.75, 3.05) is 19.6 Å². The van der Waals surface area contributed by atoms with Crippen molar-refractivity contribution in [3.8, 4) is 0 Å². The SMILES string of the molecule is Cl.O=C(NC(C(=O)NCC1CCCNC1)c1ccccc1)c1ccccc1. The lowest BCUT2D eigenvalue weighted by molar-refractivity contribution is -0.123. The molecular weight excluding hydrogens is 362 g/mol. The van der Waals surface area contributed by atoms with Gasteiger partial charge in [0.05, 0.1) is 0 Å². The maximum atomic E-state index is 12.8. The first kappa shape index (κ1) is 20.9. The van der Waals surface area contributed by atoms with E-state index in [1.165, 1.54) is 0 Å². The second-order valence-corrected chi connectivity index (χ2v) is 6.64. The molecule has 144 valence electrons. The van der Waals surface area contributed by atoms with E-state index in [4.69, 9.17) is 0 Å². The molecule has 3 N–H and O–H groups in total. The monoisotopic (exact) mass is 387 g/mol. The van der Waals surface area contributed by atoms with Gasteiger partial charge in [-0.3, -0.25) is 9.59 Å². The molecule has 0 radical (unpaired) electrons. The first-order valence-corrected chi connectivity index (χ1v) is 9.13. The van der Waals surface area contributed by atoms with Gasteiger partial charge in [0.2, 0.25) is 5.91 Å². The van der Waals surface area contributed by atoms with E-state index in [9.17, 15) is 9.59 Å². The Bertz CT molecular complexity index is 719. The van der Waals surface area contributed by atoms with Gasteiger partial charge in [0.25, 0.3) is 5.91 Å². The van der Waals surface area contributed by atoms with Crippen LogP contribution in [0.2, 0.25) is 0 Å². The minimum Gasteiger partial charge on any atom is -0.354 e. The van der Waals surface area contributed by atoms with Crippen LogP contribution in [0.25, 0.3) is 0 Å². The number of halogens is 1. The third-order valence-electron chi connectivity index (χ3n) is 4.67. The predicted molar refractivity (Wildman–Crippen MR) is 109 cm³/mol. The molecule has 5 nitrogen and oxygen atoms in total. The molecule has 1 aliphatic heterocycles. The zero-order valence-corrected chi connectivity index (χ0v) is 16.0. The number of carbonyl (C=O) groups excluding carboxylic acids is 2. The molecule has 6 heteroatoms. The summed E-state index contributed by atoms with van der Waals surface area (Å²) >= 11 is 0. The summed E-state index contributed by atoms with van der Waals surface area (Å²) in [6, 6.07) is 17.6. The first-order chi connectivity index (χ1) is 12.7. The number of amides is 2. The lowest BCUT2D eigenvalue weighted by Gasteiger charge is -2.25. The summed E-state index contributed by atoms with van der Waals surface area (Å²) in [4.78, 5) is 25.3. The summed E-state index contributed by atoms with van der Waals surface area (Å²) in [6.07, 6.45) is 2.24. The Hall–Kier alpha value is -2.37. The number of benzene rings is 2. The molecule has 1 heterocycles. The van der Waals surface area contributed by atoms with Crippen molar-refractivity contribution in [2.24, 2.45) is 5.92 Å². The van der Waals surface area contributed by atoms with Gasteiger partial charge >= 0.3 is 0 Å². The molecule has 0 bridgehead atoms. The van der Waals surface area contributed by atoms with Crippen molar-refractivity contribution in [3.63, 3.8) is 0 Å². The Morgan fingerprint density at radius 2 is 1.70 bits per heavy atom. The molecule has 0 spiro atoms. The molecule has 1 saturated heterocycles. The number of hydrogen-bond donors (Lipinski definition) is 3. The normalized spacial score (nSPS) is 17.3. The highest BCUT2D eigenvalue weighted by atomic mass is 35.5. The molecule has 27 heavy (non-hydrogen) atoms. The smallest absolute Gasteiger partial charge is 0.252 e. The van der Waals surface area contributed by atoms with Gasteiger partial charge < -0.3 is 16.0 Å². The van der Waals surface area contributed by atoms with Crippen molar-refractivity contribution < 1.29 is 9.59 Å². The summed E-state index contributed by atoms with van der Waals surface area (Å²) < 4.78 is 0. The Kier molecular flexibility index (Phi) is 8.30. The van der Waals surface area contributed by atoms with Crippen LogP contribution in [0, 0.1) is 5.92 Å². The van der Waals surface area contributed by atoms with Crippen molar-refractivity contribution in [3.05, 3.63) is 71.8 Å². The van der Waals surface area contributed by atoms with Gasteiger partial charge in [-0.2, -0.15) is 0 Å². The van der Waals surface area contributed by atoms with Crippen LogP contribution in [-0.4, -0.2) is 31.4 Å². The van der Waals surface area contributed by atoms with Gasteiger partial charge in [-0.1, -0.05) is 48.5 Å². The lowest BCUT2D eigenvalue weighted by Crippen LogP contribution is -2.44. The van der Waals surface area contributed by atoms with Gasteiger partial charge in [0, 0.05) is 12.1 Å². The quantitative estimate of drug-likeness (QED) is 0.713. The van der Waals surface area contributed by atoms with Crippen LogP contribution >= 0.6 is 12.4 Å². The van der Waals surface area contributed by atoms with E-state index in [1.807, 2.05) is 48.5 Å². The summed E-state index contributed by atoms with van der Waals surface area (Å²) in [5.41, 5.74) is 1.31. The van der Waals surface area contributed by atoms with Gasteiger partial charge in [-0.25, -0.2) is 0 Å². The summed E-state index contributed by atoms with van der Waals surface area (Å²) in [6.45, 7) is 2.59. The molecule has 0 saturated carbocycles. The molecule has 2 amide bonds. The molecule has 2 atom stereocenters. The van der Waals surface area contributed by atoms with Crippen LogP contribution < -0.4 is 16.0 Å². The second-order valence-electron chi connectivity index (χ2n) is 6.64. The zero-order valence-electron chi connectivity index (χ0n) is 15.2. The number of piperidine rings is 1. The van der Waals surface area contributed by atoms with Crippen molar-refractivity contribution in [1.82, 2.24) is 16.0 Å². The van der Waals surface area contributed by atoms with E-state index >= 15 is 0 Å². The third-order valence-corrected chi connectivity index (χ3v) is 4.67. The average Bonchev–Trinajstić information content (AvgIpc) is 2.72. The zero-order chi connectivity index (χ0) is 18.2. The van der Waals surface area contributed by atoms with E-state index in [1.54, 1.807) is 12.1 Å². The number of nitrogens with one attached hydrogen (secondary N) is 3. The fourth-order valence-corrected chi connectivity index (χ4v) is 3.19. The number of carbonyl (C=O) groups is 2. The number of hydrogen-bond acceptors (Lipinski definition) is 3. The van der Waals surface area contributed by atoms with Crippen LogP contribution in [0.3, 0.4) is 0 Å². The molecule has 3 rings (SSSR count). The second kappa shape index (κ2) is 10.7. The van der Waals surface area contributed by atoms with Gasteiger partial charge in [-0.05, 0) is 49.5 Å². The van der Waals surface area contributed by atoms with E-state index in [2.05, 4.69) is 16.0 Å². The molecule has 2 aromatic rings. The molecule has 2 unspecified atom stereocenters. The average molecular weight is 388 g/mol. The van der Waals surface area contributed by atoms with E-state index in [0.29, 0.717) is 18.0 Å². The molecule has 1 fully saturated rings. The van der Waals surface area contributed by atoms with E-state index in [0.717, 1.165) is 31.5 Å². The molecular formula is C21H26ClN3O2. The predicted octanol–water partition coefficient (Wildman–Crippen LogP) is 2.70. The maximum Gasteiger partial charge on any atom is 0.252 e. The number of rotatable bonds is 6. The summed E-state index contributed by atoms with van der Waals surface area (Å²) in [7, 11) is 0. The van der Waals surface area contributed by atoms with Crippen LogP contribution in [-0.2, 0) is 4.79 Å². The minimum atomic E-state index is -0.708. The highest BCUT2D eigenvalue weighted by molar-refractivity contribution is 5.97. The highest BCUT2D eigenvalue weighted by Crippen LogP contribution is 2.15. The summed E-state index contributed by atoms with van der Waals surface area (Å²) in [5.74, 6) is 0.00828. The van der Waals surface area contributed by atoms with Gasteiger partial charge in [-0.15, -0.1) is 12.4 Å². The topological polar surface area (TPSA) is 70.2 Å². The van der Waals surface area contributed by atoms with Crippen LogP contribution in [0.5, 0.6) is 0 Å². The largest absolute Gasteiger partial charge is 0.354 e. The Morgan fingerprint density at radius 1 is 1.04 bits per heavy atom. The standard InChI is InChI=1S/C21H25N3O2.ClH/c25-20(18-11-5-2-6-12-18)24-19(17-9-3-1-4-10-17)21(26)23-15-16-8-7-13-22-14-16;/h1-6,9-12,16,19,22H,7-8,13-15H2,(H,23,26)(H,24,25);1H. The van der Waals surface area contributed by atoms with Crippen molar-refractivity contribution >= 4 is 24.2 Å². The van der Waals surface area contributed by atoms with E-state index < -0.39 is 6.04 Å². The first-order valence-electron chi connectivity index (χ1n) is 9.13. The third kappa shape index (κ3) is 6.08. The molecule has 0 aliphatic carbocycles. The van der Waals surface area contributed by atoms with Crippen molar-refractivity contribution in [1.29, 1.82) is 0 Å². The molecule has 1 aliphatic rings. The maximum absolute atomic E-state index is 12.8. The minimum absolute atomic E-state index is 0. The van der Waals surface area contributed by atoms with Crippen LogP contribution in [0.4, 0.5) is 0 Å².